The van der Waals surface area contributed by atoms with Gasteiger partial charge >= 0.3 is 5.97 Å². The fourth-order valence-electron chi connectivity index (χ4n) is 1.36. The zero-order chi connectivity index (χ0) is 15.7. The average molecular weight is 341 g/mol. The Kier molecular flexibility index (Phi) is 4.91. The Morgan fingerprint density at radius 3 is 2.00 bits per heavy atom. The van der Waals surface area contributed by atoms with Crippen molar-refractivity contribution in [3.05, 3.63) is 27.7 Å². The van der Waals surface area contributed by atoms with Crippen LogP contribution in [0.15, 0.2) is 12.1 Å². The van der Waals surface area contributed by atoms with Gasteiger partial charge in [0.25, 0.3) is 10.2 Å². The van der Waals surface area contributed by atoms with Crippen molar-refractivity contribution >= 4 is 45.1 Å². The molecule has 0 amide bonds. The molecule has 0 aliphatic rings. The molecule has 0 radical (unpaired) electrons. The van der Waals surface area contributed by atoms with Crippen molar-refractivity contribution in [2.24, 2.45) is 0 Å². The predicted molar refractivity (Wildman–Crippen MR) is 78.9 cm³/mol. The summed E-state index contributed by atoms with van der Waals surface area (Å²) in [5.74, 6) is -1.21. The van der Waals surface area contributed by atoms with Crippen LogP contribution >= 0.6 is 23.2 Å². The summed E-state index contributed by atoms with van der Waals surface area (Å²) in [5, 5.41) is 8.64. The molecule has 20 heavy (non-hydrogen) atoms. The quantitative estimate of drug-likeness (QED) is 0.785. The van der Waals surface area contributed by atoms with E-state index in [1.54, 1.807) is 20.8 Å². The van der Waals surface area contributed by atoms with Crippen LogP contribution in [-0.2, 0) is 10.2 Å². The minimum atomic E-state index is -3.89. The summed E-state index contributed by atoms with van der Waals surface area (Å²) in [4.78, 5) is 10.8. The second kappa shape index (κ2) is 5.77. The molecule has 6 nitrogen and oxygen atoms in total. The van der Waals surface area contributed by atoms with Gasteiger partial charge in [-0.05, 0) is 32.9 Å². The Morgan fingerprint density at radius 1 is 1.20 bits per heavy atom. The van der Waals surface area contributed by atoms with Crippen molar-refractivity contribution in [1.82, 2.24) is 4.72 Å². The zero-order valence-corrected chi connectivity index (χ0v) is 13.3. The third-order valence-corrected chi connectivity index (χ3v) is 3.92. The van der Waals surface area contributed by atoms with E-state index < -0.39 is 21.7 Å². The lowest BCUT2D eigenvalue weighted by atomic mass is 10.1. The minimum absolute atomic E-state index is 0.0740. The van der Waals surface area contributed by atoms with Gasteiger partial charge in [-0.3, -0.25) is 4.72 Å². The number of carboxylic acids is 1. The maximum Gasteiger partial charge on any atom is 0.335 e. The monoisotopic (exact) mass is 340 g/mol. The molecular formula is C11H14Cl2N2O4S. The van der Waals surface area contributed by atoms with Crippen molar-refractivity contribution in [3.63, 3.8) is 0 Å². The molecule has 0 aliphatic heterocycles. The molecule has 0 saturated heterocycles. The summed E-state index contributed by atoms with van der Waals surface area (Å²) < 4.78 is 28.3. The summed E-state index contributed by atoms with van der Waals surface area (Å²) in [6.45, 7) is 5.01. The molecule has 0 spiro atoms. The molecule has 0 saturated carbocycles. The van der Waals surface area contributed by atoms with Gasteiger partial charge in [-0.2, -0.15) is 13.1 Å². The van der Waals surface area contributed by atoms with E-state index in [4.69, 9.17) is 28.3 Å². The van der Waals surface area contributed by atoms with Crippen LogP contribution in [0.4, 0.5) is 5.69 Å². The molecule has 1 rings (SSSR count). The van der Waals surface area contributed by atoms with Crippen LogP contribution in [0.1, 0.15) is 31.1 Å². The lowest BCUT2D eigenvalue weighted by Crippen LogP contribution is -2.43. The topological polar surface area (TPSA) is 95.5 Å². The first-order valence-corrected chi connectivity index (χ1v) is 7.69. The van der Waals surface area contributed by atoms with Gasteiger partial charge in [0.1, 0.15) is 0 Å². The SMILES string of the molecule is CC(C)(C)NS(=O)(=O)Nc1c(Cl)cc(C(=O)O)cc1Cl. The molecule has 0 unspecified atom stereocenters. The molecule has 3 N–H and O–H groups in total. The summed E-state index contributed by atoms with van der Waals surface area (Å²) in [5.41, 5.74) is -0.895. The van der Waals surface area contributed by atoms with Gasteiger partial charge in [-0.25, -0.2) is 4.79 Å². The third-order valence-electron chi connectivity index (χ3n) is 1.97. The molecule has 1 aromatic rings. The molecule has 0 bridgehead atoms. The second-order valence-electron chi connectivity index (χ2n) is 5.08. The lowest BCUT2D eigenvalue weighted by Gasteiger charge is -2.21. The first-order valence-electron chi connectivity index (χ1n) is 5.45. The molecule has 0 heterocycles. The molecular weight excluding hydrogens is 327 g/mol. The second-order valence-corrected chi connectivity index (χ2v) is 7.31. The number of carboxylic acid groups (broad SMARTS) is 1. The minimum Gasteiger partial charge on any atom is -0.478 e. The number of halogens is 2. The number of aromatic carboxylic acids is 1. The number of hydrogen-bond donors (Lipinski definition) is 3. The van der Waals surface area contributed by atoms with Crippen LogP contribution in [0.25, 0.3) is 0 Å². The molecule has 0 aliphatic carbocycles. The van der Waals surface area contributed by atoms with E-state index in [0.717, 1.165) is 12.1 Å². The highest BCUT2D eigenvalue weighted by Gasteiger charge is 2.22. The van der Waals surface area contributed by atoms with Crippen LogP contribution in [0.2, 0.25) is 10.0 Å². The Balaban J connectivity index is 3.14. The van der Waals surface area contributed by atoms with Gasteiger partial charge in [0.2, 0.25) is 0 Å². The first kappa shape index (κ1) is 17.0. The van der Waals surface area contributed by atoms with Crippen molar-refractivity contribution < 1.29 is 18.3 Å². The molecule has 1 aromatic carbocycles. The van der Waals surface area contributed by atoms with Gasteiger partial charge in [0.05, 0.1) is 21.3 Å². The van der Waals surface area contributed by atoms with E-state index in [0.29, 0.717) is 0 Å². The smallest absolute Gasteiger partial charge is 0.335 e. The Bertz CT molecular complexity index is 615. The van der Waals surface area contributed by atoms with E-state index in [-0.39, 0.29) is 21.3 Å². The normalized spacial score (nSPS) is 12.2. The average Bonchev–Trinajstić information content (AvgIpc) is 2.19. The molecule has 0 aromatic heterocycles. The standard InChI is InChI=1S/C11H14Cl2N2O4S/c1-11(2,3)15-20(18,19)14-9-7(12)4-6(10(16)17)5-8(9)13/h4-5,14-15H,1-3H3,(H,16,17). The lowest BCUT2D eigenvalue weighted by molar-refractivity contribution is 0.0697. The molecule has 9 heteroatoms. The van der Waals surface area contributed by atoms with Crippen LogP contribution in [0.5, 0.6) is 0 Å². The van der Waals surface area contributed by atoms with Crippen molar-refractivity contribution in [3.8, 4) is 0 Å². The fraction of sp³-hybridized carbons (Fsp3) is 0.364. The van der Waals surface area contributed by atoms with E-state index in [2.05, 4.69) is 9.44 Å². The van der Waals surface area contributed by atoms with Crippen molar-refractivity contribution in [2.75, 3.05) is 4.72 Å². The number of anilines is 1. The van der Waals surface area contributed by atoms with E-state index >= 15 is 0 Å². The highest BCUT2D eigenvalue weighted by atomic mass is 35.5. The summed E-state index contributed by atoms with van der Waals surface area (Å²) >= 11 is 11.7. The third kappa shape index (κ3) is 4.82. The molecule has 0 atom stereocenters. The van der Waals surface area contributed by atoms with Crippen LogP contribution < -0.4 is 9.44 Å². The summed E-state index contributed by atoms with van der Waals surface area (Å²) in [6.07, 6.45) is 0. The molecule has 0 fully saturated rings. The fourth-order valence-corrected chi connectivity index (χ4v) is 3.40. The van der Waals surface area contributed by atoms with Crippen LogP contribution in [0.3, 0.4) is 0 Å². The van der Waals surface area contributed by atoms with Gasteiger partial charge in [-0.15, -0.1) is 0 Å². The number of hydrogen-bond acceptors (Lipinski definition) is 3. The van der Waals surface area contributed by atoms with Crippen LogP contribution in [-0.4, -0.2) is 25.0 Å². The Morgan fingerprint density at radius 2 is 1.65 bits per heavy atom. The van der Waals surface area contributed by atoms with E-state index in [1.165, 1.54) is 0 Å². The van der Waals surface area contributed by atoms with Crippen molar-refractivity contribution in [1.29, 1.82) is 0 Å². The highest BCUT2D eigenvalue weighted by Crippen LogP contribution is 2.32. The Labute approximate surface area is 127 Å². The number of benzene rings is 1. The first-order chi connectivity index (χ1) is 8.91. The zero-order valence-electron chi connectivity index (χ0n) is 11.0. The Hall–Kier alpha value is -1.02. The van der Waals surface area contributed by atoms with Crippen molar-refractivity contribution in [2.45, 2.75) is 26.3 Å². The van der Waals surface area contributed by atoms with E-state index in [1.807, 2.05) is 0 Å². The predicted octanol–water partition coefficient (Wildman–Crippen LogP) is 2.74. The summed E-state index contributed by atoms with van der Waals surface area (Å²) in [6, 6.07) is 2.23. The van der Waals surface area contributed by atoms with Gasteiger partial charge in [0, 0.05) is 5.54 Å². The van der Waals surface area contributed by atoms with Gasteiger partial charge in [0.15, 0.2) is 0 Å². The van der Waals surface area contributed by atoms with E-state index in [9.17, 15) is 13.2 Å². The van der Waals surface area contributed by atoms with Gasteiger partial charge < -0.3 is 5.11 Å². The summed E-state index contributed by atoms with van der Waals surface area (Å²) in [7, 11) is -3.89. The largest absolute Gasteiger partial charge is 0.478 e. The molecule has 112 valence electrons. The van der Waals surface area contributed by atoms with Gasteiger partial charge in [-0.1, -0.05) is 23.2 Å². The number of carbonyl (C=O) groups is 1. The number of rotatable bonds is 4. The highest BCUT2D eigenvalue weighted by molar-refractivity contribution is 7.90. The maximum absolute atomic E-state index is 11.9. The van der Waals surface area contributed by atoms with Crippen LogP contribution in [0, 0.1) is 0 Å². The number of nitrogens with one attached hydrogen (secondary N) is 2. The maximum atomic E-state index is 11.9.